The van der Waals surface area contributed by atoms with Crippen LogP contribution in [-0.2, 0) is 12.5 Å². The molecule has 0 saturated heterocycles. The SMILES string of the molecule is CC(C)n1ncnc1COc1c(F)cc(CCl)cc1F. The third-order valence-corrected chi connectivity index (χ3v) is 3.00. The van der Waals surface area contributed by atoms with Crippen molar-refractivity contribution in [1.82, 2.24) is 14.8 Å². The van der Waals surface area contributed by atoms with Crippen molar-refractivity contribution in [1.29, 1.82) is 0 Å². The van der Waals surface area contributed by atoms with Gasteiger partial charge in [-0.25, -0.2) is 18.4 Å². The van der Waals surface area contributed by atoms with Crippen LogP contribution in [0.4, 0.5) is 8.78 Å². The lowest BCUT2D eigenvalue weighted by Gasteiger charge is -2.12. The van der Waals surface area contributed by atoms with Crippen molar-refractivity contribution in [2.45, 2.75) is 32.4 Å². The Morgan fingerprint density at radius 1 is 1.30 bits per heavy atom. The van der Waals surface area contributed by atoms with Crippen molar-refractivity contribution >= 4 is 11.6 Å². The molecule has 0 aliphatic heterocycles. The molecule has 1 heterocycles. The summed E-state index contributed by atoms with van der Waals surface area (Å²) in [7, 11) is 0. The molecule has 2 aromatic rings. The molecule has 0 fully saturated rings. The zero-order valence-corrected chi connectivity index (χ0v) is 11.9. The van der Waals surface area contributed by atoms with E-state index in [-0.39, 0.29) is 18.5 Å². The first-order chi connectivity index (χ1) is 9.52. The predicted molar refractivity (Wildman–Crippen MR) is 70.7 cm³/mol. The average Bonchev–Trinajstić information content (AvgIpc) is 2.86. The predicted octanol–water partition coefficient (Wildman–Crippen LogP) is 3.46. The number of halogens is 3. The lowest BCUT2D eigenvalue weighted by molar-refractivity contribution is 0.256. The molecule has 0 N–H and O–H groups in total. The van der Waals surface area contributed by atoms with Crippen molar-refractivity contribution in [2.75, 3.05) is 0 Å². The van der Waals surface area contributed by atoms with Gasteiger partial charge in [0.1, 0.15) is 12.9 Å². The number of hydrogen-bond donors (Lipinski definition) is 0. The summed E-state index contributed by atoms with van der Waals surface area (Å²) in [6.07, 6.45) is 1.38. The van der Waals surface area contributed by atoms with Crippen molar-refractivity contribution in [3.63, 3.8) is 0 Å². The Hall–Kier alpha value is -1.69. The number of rotatable bonds is 5. The van der Waals surface area contributed by atoms with Gasteiger partial charge in [0.2, 0.25) is 0 Å². The quantitative estimate of drug-likeness (QED) is 0.794. The third kappa shape index (κ3) is 3.07. The Labute approximate surface area is 120 Å². The first-order valence-electron chi connectivity index (χ1n) is 6.08. The largest absolute Gasteiger partial charge is 0.479 e. The fraction of sp³-hybridized carbons (Fsp3) is 0.385. The van der Waals surface area contributed by atoms with E-state index >= 15 is 0 Å². The maximum Gasteiger partial charge on any atom is 0.191 e. The molecule has 0 spiro atoms. The van der Waals surface area contributed by atoms with E-state index in [2.05, 4.69) is 10.1 Å². The van der Waals surface area contributed by atoms with E-state index in [0.29, 0.717) is 11.4 Å². The molecule has 0 aliphatic carbocycles. The molecule has 0 atom stereocenters. The number of benzene rings is 1. The number of ether oxygens (including phenoxy) is 1. The lowest BCUT2D eigenvalue weighted by atomic mass is 10.2. The Bertz CT molecular complexity index is 578. The summed E-state index contributed by atoms with van der Waals surface area (Å²) in [4.78, 5) is 4.01. The Balaban J connectivity index is 2.17. The van der Waals surface area contributed by atoms with Gasteiger partial charge in [-0.1, -0.05) is 0 Å². The summed E-state index contributed by atoms with van der Waals surface area (Å²) >= 11 is 5.54. The molecule has 20 heavy (non-hydrogen) atoms. The normalized spacial score (nSPS) is 11.1. The van der Waals surface area contributed by atoms with Crippen LogP contribution >= 0.6 is 11.6 Å². The van der Waals surface area contributed by atoms with Crippen LogP contribution in [0, 0.1) is 11.6 Å². The van der Waals surface area contributed by atoms with Gasteiger partial charge in [-0.15, -0.1) is 11.6 Å². The smallest absolute Gasteiger partial charge is 0.191 e. The van der Waals surface area contributed by atoms with E-state index in [0.717, 1.165) is 12.1 Å². The number of aromatic nitrogens is 3. The van der Waals surface area contributed by atoms with Crippen molar-refractivity contribution in [2.24, 2.45) is 0 Å². The van der Waals surface area contributed by atoms with Gasteiger partial charge in [0.15, 0.2) is 23.2 Å². The molecular formula is C13H14ClF2N3O. The first kappa shape index (κ1) is 14.7. The Kier molecular flexibility index (Phi) is 4.54. The fourth-order valence-electron chi connectivity index (χ4n) is 1.77. The minimum Gasteiger partial charge on any atom is -0.479 e. The van der Waals surface area contributed by atoms with Crippen LogP contribution in [0.15, 0.2) is 18.5 Å². The summed E-state index contributed by atoms with van der Waals surface area (Å²) in [5.41, 5.74) is 0.361. The summed E-state index contributed by atoms with van der Waals surface area (Å²) in [5, 5.41) is 4.02. The van der Waals surface area contributed by atoms with Gasteiger partial charge < -0.3 is 4.74 Å². The second-order valence-electron chi connectivity index (χ2n) is 4.53. The van der Waals surface area contributed by atoms with E-state index in [4.69, 9.17) is 16.3 Å². The molecule has 7 heteroatoms. The number of nitrogens with zero attached hydrogens (tertiary/aromatic N) is 3. The molecule has 0 unspecified atom stereocenters. The molecule has 2 rings (SSSR count). The van der Waals surface area contributed by atoms with Crippen LogP contribution in [0.1, 0.15) is 31.3 Å². The fourth-order valence-corrected chi connectivity index (χ4v) is 1.93. The van der Waals surface area contributed by atoms with Gasteiger partial charge in [-0.3, -0.25) is 0 Å². The monoisotopic (exact) mass is 301 g/mol. The van der Waals surface area contributed by atoms with E-state index in [1.54, 1.807) is 4.68 Å². The molecule has 4 nitrogen and oxygen atoms in total. The highest BCUT2D eigenvalue weighted by molar-refractivity contribution is 6.17. The van der Waals surface area contributed by atoms with E-state index in [1.807, 2.05) is 13.8 Å². The van der Waals surface area contributed by atoms with E-state index < -0.39 is 17.4 Å². The molecule has 0 radical (unpaired) electrons. The second kappa shape index (κ2) is 6.17. The van der Waals surface area contributed by atoms with Crippen LogP contribution in [-0.4, -0.2) is 14.8 Å². The van der Waals surface area contributed by atoms with Gasteiger partial charge in [0.05, 0.1) is 0 Å². The van der Waals surface area contributed by atoms with Crippen LogP contribution in [0.2, 0.25) is 0 Å². The summed E-state index contributed by atoms with van der Waals surface area (Å²) in [6, 6.07) is 2.39. The van der Waals surface area contributed by atoms with Gasteiger partial charge >= 0.3 is 0 Å². The minimum atomic E-state index is -0.781. The van der Waals surface area contributed by atoms with Gasteiger partial charge in [-0.05, 0) is 31.5 Å². The topological polar surface area (TPSA) is 39.9 Å². The first-order valence-corrected chi connectivity index (χ1v) is 6.61. The summed E-state index contributed by atoms with van der Waals surface area (Å²) in [5.74, 6) is -1.46. The van der Waals surface area contributed by atoms with Gasteiger partial charge in [0, 0.05) is 11.9 Å². The lowest BCUT2D eigenvalue weighted by Crippen LogP contribution is -2.11. The van der Waals surface area contributed by atoms with Crippen LogP contribution in [0.5, 0.6) is 5.75 Å². The summed E-state index contributed by atoms with van der Waals surface area (Å²) < 4.78 is 34.3. The van der Waals surface area contributed by atoms with Crippen molar-refractivity contribution in [3.8, 4) is 5.75 Å². The molecule has 0 saturated carbocycles. The Morgan fingerprint density at radius 3 is 2.50 bits per heavy atom. The number of hydrogen-bond acceptors (Lipinski definition) is 3. The third-order valence-electron chi connectivity index (χ3n) is 2.69. The molecular weight excluding hydrogens is 288 g/mol. The van der Waals surface area contributed by atoms with Crippen molar-refractivity contribution in [3.05, 3.63) is 41.5 Å². The standard InChI is InChI=1S/C13H14ClF2N3O/c1-8(2)19-12(17-7-18-19)6-20-13-10(15)3-9(5-14)4-11(13)16/h3-4,7-8H,5-6H2,1-2H3. The number of alkyl halides is 1. The molecule has 0 bridgehead atoms. The molecule has 1 aromatic heterocycles. The van der Waals surface area contributed by atoms with E-state index in [1.165, 1.54) is 6.33 Å². The van der Waals surface area contributed by atoms with Crippen LogP contribution in [0.25, 0.3) is 0 Å². The highest BCUT2D eigenvalue weighted by atomic mass is 35.5. The second-order valence-corrected chi connectivity index (χ2v) is 4.79. The Morgan fingerprint density at radius 2 is 1.95 bits per heavy atom. The molecule has 0 aliphatic rings. The van der Waals surface area contributed by atoms with Gasteiger partial charge in [0.25, 0.3) is 0 Å². The van der Waals surface area contributed by atoms with Crippen molar-refractivity contribution < 1.29 is 13.5 Å². The highest BCUT2D eigenvalue weighted by Gasteiger charge is 2.15. The van der Waals surface area contributed by atoms with Crippen LogP contribution < -0.4 is 4.74 Å². The molecule has 1 aromatic carbocycles. The molecule has 108 valence electrons. The minimum absolute atomic E-state index is 0.0375. The zero-order chi connectivity index (χ0) is 14.7. The van der Waals surface area contributed by atoms with E-state index in [9.17, 15) is 8.78 Å². The zero-order valence-electron chi connectivity index (χ0n) is 11.1. The van der Waals surface area contributed by atoms with Gasteiger partial charge in [-0.2, -0.15) is 5.10 Å². The van der Waals surface area contributed by atoms with Crippen LogP contribution in [0.3, 0.4) is 0 Å². The molecule has 0 amide bonds. The summed E-state index contributed by atoms with van der Waals surface area (Å²) in [6.45, 7) is 3.79. The average molecular weight is 302 g/mol. The maximum atomic E-state index is 13.7. The highest BCUT2D eigenvalue weighted by Crippen LogP contribution is 2.25. The maximum absolute atomic E-state index is 13.7.